The van der Waals surface area contributed by atoms with Crippen molar-refractivity contribution in [2.24, 2.45) is 5.92 Å². The van der Waals surface area contributed by atoms with Crippen LogP contribution in [-0.4, -0.2) is 57.7 Å². The lowest BCUT2D eigenvalue weighted by Gasteiger charge is -2.25. The van der Waals surface area contributed by atoms with Gasteiger partial charge in [-0.05, 0) is 35.7 Å². The molecule has 0 fully saturated rings. The lowest BCUT2D eigenvalue weighted by molar-refractivity contribution is -0.505. The highest BCUT2D eigenvalue weighted by Gasteiger charge is 2.38. The van der Waals surface area contributed by atoms with Crippen LogP contribution >= 0.6 is 0 Å². The first-order chi connectivity index (χ1) is 16.2. The van der Waals surface area contributed by atoms with Gasteiger partial charge < -0.3 is 18.9 Å². The molecule has 1 amide bonds. The normalized spacial score (nSPS) is 15.9. The number of alkyl halides is 3. The number of rotatable bonds is 9. The number of aromatic nitrogens is 1. The Morgan fingerprint density at radius 1 is 1.26 bits per heavy atom. The van der Waals surface area contributed by atoms with E-state index in [0.717, 1.165) is 10.7 Å². The van der Waals surface area contributed by atoms with Gasteiger partial charge in [0.05, 0.1) is 38.8 Å². The topological polar surface area (TPSA) is 71.8 Å². The van der Waals surface area contributed by atoms with Crippen LogP contribution in [0.25, 0.3) is 0 Å². The van der Waals surface area contributed by atoms with E-state index in [0.29, 0.717) is 36.4 Å². The molecule has 1 aromatic carbocycles. The average molecular weight is 476 g/mol. The molecule has 1 aromatic heterocycles. The number of hydrogen-bond acceptors (Lipinski definition) is 5. The molecule has 180 valence electrons. The number of halogens is 3. The summed E-state index contributed by atoms with van der Waals surface area (Å²) in [6, 6.07) is 10.6. The second-order valence-electron chi connectivity index (χ2n) is 8.04. The van der Waals surface area contributed by atoms with Gasteiger partial charge in [-0.1, -0.05) is 12.1 Å². The summed E-state index contributed by atoms with van der Waals surface area (Å²) in [7, 11) is 6.98. The van der Waals surface area contributed by atoms with Gasteiger partial charge in [0.15, 0.2) is 0 Å². The molecular weight excluding hydrogens is 450 g/mol. The third-order valence-electron chi connectivity index (χ3n) is 5.46. The summed E-state index contributed by atoms with van der Waals surface area (Å²) < 4.78 is 51.2. The van der Waals surface area contributed by atoms with E-state index in [1.165, 1.54) is 11.6 Å². The lowest BCUT2D eigenvalue weighted by atomic mass is 9.94. The molecule has 11 heteroatoms. The Labute approximate surface area is 197 Å². The van der Waals surface area contributed by atoms with Gasteiger partial charge >= 0.3 is 20.1 Å². The second kappa shape index (κ2) is 11.3. The number of esters is 1. The third-order valence-corrected chi connectivity index (χ3v) is 5.46. The van der Waals surface area contributed by atoms with Crippen molar-refractivity contribution in [3.8, 4) is 5.75 Å². The number of ether oxygens (including phenoxy) is 2. The Kier molecular flexibility index (Phi) is 8.41. The van der Waals surface area contributed by atoms with Gasteiger partial charge in [-0.2, -0.15) is 13.2 Å². The van der Waals surface area contributed by atoms with Gasteiger partial charge in [0.2, 0.25) is 5.91 Å². The van der Waals surface area contributed by atoms with Crippen molar-refractivity contribution in [2.75, 3.05) is 32.1 Å². The molecule has 1 atom stereocenters. The summed E-state index contributed by atoms with van der Waals surface area (Å²) >= 11 is 0. The second-order valence-corrected chi connectivity index (χ2v) is 8.04. The van der Waals surface area contributed by atoms with Crippen LogP contribution in [0.1, 0.15) is 24.0 Å². The maximum absolute atomic E-state index is 13.1. The van der Waals surface area contributed by atoms with Gasteiger partial charge in [0.1, 0.15) is 12.3 Å². The van der Waals surface area contributed by atoms with E-state index >= 15 is 0 Å². The minimum absolute atomic E-state index is 0.151. The number of benzene rings is 1. The van der Waals surface area contributed by atoms with Gasteiger partial charge in [-0.3, -0.25) is 14.9 Å². The van der Waals surface area contributed by atoms with E-state index < -0.39 is 30.5 Å². The Hall–Kier alpha value is -3.24. The molecule has 0 saturated heterocycles. The standard InChI is InChI=1S/C23H26BF3N3O4/c1-33-21(31)13-17-11-16-6-7-19(12-18(16)14-29(22(17)32)15-23(25,26)27)34-10-4-8-28-20-5-2-3-9-30(20)24/h2-3,5-7,9,12,17,28H,4,8,10-11,13-15H2,1H3/q+1/t17-/m0/s1. The van der Waals surface area contributed by atoms with E-state index in [1.54, 1.807) is 24.4 Å². The van der Waals surface area contributed by atoms with Crippen LogP contribution in [0.5, 0.6) is 5.75 Å². The maximum Gasteiger partial charge on any atom is 0.408 e. The number of nitrogens with one attached hydrogen (secondary N) is 1. The highest BCUT2D eigenvalue weighted by atomic mass is 19.4. The number of pyridine rings is 1. The first kappa shape index (κ1) is 25.4. The SMILES string of the molecule is [B][n+]1ccccc1NCCCOc1ccc2c(c1)CN(CC(F)(F)F)C(=O)[C@H](CC(=O)OC)C2. The number of amides is 1. The Morgan fingerprint density at radius 2 is 2.06 bits per heavy atom. The molecule has 0 bridgehead atoms. The van der Waals surface area contributed by atoms with Crippen LogP contribution in [0.4, 0.5) is 19.0 Å². The van der Waals surface area contributed by atoms with E-state index in [1.807, 2.05) is 18.2 Å². The Morgan fingerprint density at radius 3 is 2.76 bits per heavy atom. The molecule has 1 N–H and O–H groups in total. The molecule has 1 aliphatic rings. The molecule has 3 rings (SSSR count). The molecule has 0 unspecified atom stereocenters. The number of carbonyl (C=O) groups excluding carboxylic acids is 2. The zero-order valence-corrected chi connectivity index (χ0v) is 18.8. The lowest BCUT2D eigenvalue weighted by Crippen LogP contribution is -2.41. The van der Waals surface area contributed by atoms with Crippen molar-refractivity contribution in [2.45, 2.75) is 32.0 Å². The summed E-state index contributed by atoms with van der Waals surface area (Å²) in [5.41, 5.74) is 1.27. The van der Waals surface area contributed by atoms with Crippen LogP contribution in [0.15, 0.2) is 42.6 Å². The van der Waals surface area contributed by atoms with Crippen LogP contribution in [-0.2, 0) is 27.3 Å². The number of carbonyl (C=O) groups is 2. The minimum Gasteiger partial charge on any atom is -0.493 e. The summed E-state index contributed by atoms with van der Waals surface area (Å²) in [5.74, 6) is -1.03. The Balaban J connectivity index is 1.65. The number of fused-ring (bicyclic) bond motifs is 1. The van der Waals surface area contributed by atoms with Crippen molar-refractivity contribution in [1.29, 1.82) is 0 Å². The van der Waals surface area contributed by atoms with Crippen LogP contribution < -0.4 is 14.5 Å². The summed E-state index contributed by atoms with van der Waals surface area (Å²) in [6.45, 7) is -0.622. The number of methoxy groups -OCH3 is 1. The summed E-state index contributed by atoms with van der Waals surface area (Å²) in [4.78, 5) is 25.3. The quantitative estimate of drug-likeness (QED) is 0.342. The smallest absolute Gasteiger partial charge is 0.408 e. The van der Waals surface area contributed by atoms with Gasteiger partial charge in [-0.25, -0.2) is 0 Å². The number of hydrogen-bond donors (Lipinski definition) is 1. The average Bonchev–Trinajstić information content (AvgIpc) is 2.90. The molecule has 0 aliphatic carbocycles. The molecule has 2 radical (unpaired) electrons. The van der Waals surface area contributed by atoms with Crippen molar-refractivity contribution in [3.63, 3.8) is 0 Å². The highest BCUT2D eigenvalue weighted by Crippen LogP contribution is 2.30. The fourth-order valence-corrected chi connectivity index (χ4v) is 3.81. The summed E-state index contributed by atoms with van der Waals surface area (Å²) in [6.07, 6.45) is -2.31. The number of anilines is 1. The van der Waals surface area contributed by atoms with E-state index in [4.69, 9.17) is 12.7 Å². The third kappa shape index (κ3) is 7.13. The predicted octanol–water partition coefficient (Wildman–Crippen LogP) is 2.41. The monoisotopic (exact) mass is 476 g/mol. The fourth-order valence-electron chi connectivity index (χ4n) is 3.81. The molecule has 1 aliphatic heterocycles. The van der Waals surface area contributed by atoms with Gasteiger partial charge in [0, 0.05) is 19.0 Å². The zero-order valence-electron chi connectivity index (χ0n) is 18.8. The first-order valence-corrected chi connectivity index (χ1v) is 10.8. The molecule has 2 aromatic rings. The highest BCUT2D eigenvalue weighted by molar-refractivity contribution is 5.95. The van der Waals surface area contributed by atoms with Crippen molar-refractivity contribution >= 4 is 25.7 Å². The minimum atomic E-state index is -4.56. The molecule has 7 nitrogen and oxygen atoms in total. The van der Waals surface area contributed by atoms with Crippen molar-refractivity contribution in [3.05, 3.63) is 53.7 Å². The van der Waals surface area contributed by atoms with Crippen LogP contribution in [0.2, 0.25) is 0 Å². The van der Waals surface area contributed by atoms with Crippen molar-refractivity contribution < 1.29 is 36.7 Å². The van der Waals surface area contributed by atoms with E-state index in [2.05, 4.69) is 10.1 Å². The van der Waals surface area contributed by atoms with Crippen LogP contribution in [0, 0.1) is 5.92 Å². The fraction of sp³-hybridized carbons (Fsp3) is 0.435. The molecular formula is C23H26BF3N3O4+. The van der Waals surface area contributed by atoms with E-state index in [9.17, 15) is 22.8 Å². The zero-order chi connectivity index (χ0) is 24.7. The largest absolute Gasteiger partial charge is 0.493 e. The van der Waals surface area contributed by atoms with Gasteiger partial charge in [-0.15, -0.1) is 0 Å². The van der Waals surface area contributed by atoms with E-state index in [-0.39, 0.29) is 19.4 Å². The molecule has 2 heterocycles. The molecule has 0 spiro atoms. The molecule has 0 saturated carbocycles. The maximum atomic E-state index is 13.1. The predicted molar refractivity (Wildman–Crippen MR) is 118 cm³/mol. The number of nitrogens with zero attached hydrogens (tertiary/aromatic N) is 2. The Bertz CT molecular complexity index is 1020. The molecule has 34 heavy (non-hydrogen) atoms. The van der Waals surface area contributed by atoms with Crippen molar-refractivity contribution in [1.82, 2.24) is 4.90 Å². The van der Waals surface area contributed by atoms with Crippen LogP contribution in [0.3, 0.4) is 0 Å². The summed E-state index contributed by atoms with van der Waals surface area (Å²) in [5, 5.41) is 3.18. The first-order valence-electron chi connectivity index (χ1n) is 10.8. The van der Waals surface area contributed by atoms with Gasteiger partial charge in [0.25, 0.3) is 5.82 Å².